The number of aromatic amines is 1. The summed E-state index contributed by atoms with van der Waals surface area (Å²) in [6.07, 6.45) is -0.105. The number of benzene rings is 1. The fraction of sp³-hybridized carbons (Fsp3) is 0.286. The average molecular weight is 260 g/mol. The monoisotopic (exact) mass is 260 g/mol. The van der Waals surface area contributed by atoms with Gasteiger partial charge in [-0.2, -0.15) is 0 Å². The molecule has 0 aliphatic carbocycles. The minimum Gasteiger partial charge on any atom is -0.494 e. The van der Waals surface area contributed by atoms with Gasteiger partial charge >= 0.3 is 5.97 Å². The van der Waals surface area contributed by atoms with Gasteiger partial charge in [0.1, 0.15) is 18.0 Å². The van der Waals surface area contributed by atoms with Gasteiger partial charge in [0.2, 0.25) is 0 Å². The van der Waals surface area contributed by atoms with Crippen molar-refractivity contribution in [1.29, 1.82) is 0 Å². The maximum atomic E-state index is 10.7. The highest BCUT2D eigenvalue weighted by Crippen LogP contribution is 2.25. The van der Waals surface area contributed by atoms with E-state index in [1.807, 2.05) is 38.1 Å². The van der Waals surface area contributed by atoms with Crippen LogP contribution in [0.15, 0.2) is 24.3 Å². The van der Waals surface area contributed by atoms with E-state index in [0.717, 1.165) is 22.7 Å². The standard InChI is InChI=1S/C14H16N2O3/c1-3-19-11-6-4-5-10(7-11)14-9(2)15-12(16-14)8-13(17)18/h4-7H,3,8H2,1-2H3,(H,15,16)(H,17,18). The van der Waals surface area contributed by atoms with Crippen molar-refractivity contribution in [2.45, 2.75) is 20.3 Å². The molecule has 19 heavy (non-hydrogen) atoms. The van der Waals surface area contributed by atoms with Crippen molar-refractivity contribution in [2.24, 2.45) is 0 Å². The van der Waals surface area contributed by atoms with E-state index in [9.17, 15) is 4.79 Å². The molecule has 2 rings (SSSR count). The molecule has 0 atom stereocenters. The second-order valence-corrected chi connectivity index (χ2v) is 4.19. The van der Waals surface area contributed by atoms with Crippen LogP contribution < -0.4 is 4.74 Å². The summed E-state index contributed by atoms with van der Waals surface area (Å²) in [6, 6.07) is 7.60. The van der Waals surface area contributed by atoms with Gasteiger partial charge in [-0.3, -0.25) is 4.79 Å². The number of aryl methyl sites for hydroxylation is 1. The fourth-order valence-corrected chi connectivity index (χ4v) is 1.93. The van der Waals surface area contributed by atoms with Crippen molar-refractivity contribution in [3.63, 3.8) is 0 Å². The lowest BCUT2D eigenvalue weighted by Crippen LogP contribution is -2.01. The maximum Gasteiger partial charge on any atom is 0.311 e. The molecule has 0 bridgehead atoms. The van der Waals surface area contributed by atoms with Gasteiger partial charge in [0.15, 0.2) is 0 Å². The third-order valence-corrected chi connectivity index (χ3v) is 2.67. The van der Waals surface area contributed by atoms with Gasteiger partial charge in [0.25, 0.3) is 0 Å². The Morgan fingerprint density at radius 1 is 1.47 bits per heavy atom. The number of nitrogens with one attached hydrogen (secondary N) is 1. The van der Waals surface area contributed by atoms with Crippen LogP contribution in [0.5, 0.6) is 5.75 Å². The predicted molar refractivity (Wildman–Crippen MR) is 71.3 cm³/mol. The molecule has 0 spiro atoms. The molecule has 1 heterocycles. The Bertz CT molecular complexity index is 590. The fourth-order valence-electron chi connectivity index (χ4n) is 1.93. The van der Waals surface area contributed by atoms with Gasteiger partial charge in [0, 0.05) is 11.3 Å². The first kappa shape index (κ1) is 13.1. The van der Waals surface area contributed by atoms with Gasteiger partial charge in [-0.25, -0.2) is 4.98 Å². The molecular weight excluding hydrogens is 244 g/mol. The highest BCUT2D eigenvalue weighted by atomic mass is 16.5. The largest absolute Gasteiger partial charge is 0.494 e. The summed E-state index contributed by atoms with van der Waals surface area (Å²) >= 11 is 0. The molecule has 5 nitrogen and oxygen atoms in total. The summed E-state index contributed by atoms with van der Waals surface area (Å²) in [5.74, 6) is 0.340. The average Bonchev–Trinajstić information content (AvgIpc) is 2.70. The minimum absolute atomic E-state index is 0.105. The molecule has 0 aliphatic heterocycles. The number of nitrogens with zero attached hydrogens (tertiary/aromatic N) is 1. The smallest absolute Gasteiger partial charge is 0.311 e. The molecule has 0 aliphatic rings. The molecule has 0 saturated heterocycles. The van der Waals surface area contributed by atoms with Gasteiger partial charge in [-0.05, 0) is 26.0 Å². The van der Waals surface area contributed by atoms with E-state index in [1.165, 1.54) is 0 Å². The molecule has 2 N–H and O–H groups in total. The van der Waals surface area contributed by atoms with Crippen LogP contribution in [0.25, 0.3) is 11.3 Å². The number of carboxylic acid groups (broad SMARTS) is 1. The van der Waals surface area contributed by atoms with Gasteiger partial charge in [-0.15, -0.1) is 0 Å². The molecular formula is C14H16N2O3. The number of ether oxygens (including phenoxy) is 1. The molecule has 1 aromatic carbocycles. The van der Waals surface area contributed by atoms with Crippen molar-refractivity contribution in [2.75, 3.05) is 6.61 Å². The lowest BCUT2D eigenvalue weighted by Gasteiger charge is -2.04. The number of rotatable bonds is 5. The molecule has 0 radical (unpaired) electrons. The number of hydrogen-bond acceptors (Lipinski definition) is 3. The van der Waals surface area contributed by atoms with Crippen LogP contribution in [-0.2, 0) is 11.2 Å². The van der Waals surface area contributed by atoms with Crippen LogP contribution >= 0.6 is 0 Å². The molecule has 100 valence electrons. The lowest BCUT2D eigenvalue weighted by atomic mass is 10.1. The molecule has 0 saturated carbocycles. The lowest BCUT2D eigenvalue weighted by molar-refractivity contribution is -0.136. The number of imidazole rings is 1. The number of H-pyrrole nitrogens is 1. The zero-order valence-electron chi connectivity index (χ0n) is 10.9. The first-order valence-electron chi connectivity index (χ1n) is 6.10. The second kappa shape index (κ2) is 5.56. The summed E-state index contributed by atoms with van der Waals surface area (Å²) in [6.45, 7) is 4.41. The van der Waals surface area contributed by atoms with Crippen LogP contribution in [0.3, 0.4) is 0 Å². The van der Waals surface area contributed by atoms with E-state index >= 15 is 0 Å². The zero-order chi connectivity index (χ0) is 13.8. The van der Waals surface area contributed by atoms with Crippen LogP contribution in [0.4, 0.5) is 0 Å². The van der Waals surface area contributed by atoms with Gasteiger partial charge in [0.05, 0.1) is 12.3 Å². The van der Waals surface area contributed by atoms with Gasteiger partial charge < -0.3 is 14.8 Å². The first-order chi connectivity index (χ1) is 9.10. The summed E-state index contributed by atoms with van der Waals surface area (Å²) in [4.78, 5) is 18.0. The summed E-state index contributed by atoms with van der Waals surface area (Å²) in [5.41, 5.74) is 2.53. The van der Waals surface area contributed by atoms with E-state index in [0.29, 0.717) is 12.4 Å². The van der Waals surface area contributed by atoms with Gasteiger partial charge in [-0.1, -0.05) is 12.1 Å². The SMILES string of the molecule is CCOc1cccc(-c2nc(CC(=O)O)[nH]c2C)c1. The van der Waals surface area contributed by atoms with Crippen molar-refractivity contribution < 1.29 is 14.6 Å². The number of aliphatic carboxylic acids is 1. The summed E-state index contributed by atoms with van der Waals surface area (Å²) in [5, 5.41) is 8.77. The highest BCUT2D eigenvalue weighted by molar-refractivity contribution is 5.70. The molecule has 5 heteroatoms. The first-order valence-corrected chi connectivity index (χ1v) is 6.10. The van der Waals surface area contributed by atoms with E-state index in [2.05, 4.69) is 9.97 Å². The Morgan fingerprint density at radius 2 is 2.26 bits per heavy atom. The normalized spacial score (nSPS) is 10.4. The third kappa shape index (κ3) is 3.13. The molecule has 0 fully saturated rings. The molecule has 0 amide bonds. The van der Waals surface area contributed by atoms with Crippen LogP contribution in [0, 0.1) is 6.92 Å². The van der Waals surface area contributed by atoms with Crippen LogP contribution in [0.1, 0.15) is 18.4 Å². The number of carboxylic acids is 1. The number of carbonyl (C=O) groups is 1. The van der Waals surface area contributed by atoms with Crippen LogP contribution in [0.2, 0.25) is 0 Å². The Morgan fingerprint density at radius 3 is 2.95 bits per heavy atom. The van der Waals surface area contributed by atoms with Crippen molar-refractivity contribution in [1.82, 2.24) is 9.97 Å². The zero-order valence-corrected chi connectivity index (χ0v) is 10.9. The Balaban J connectivity index is 2.33. The quantitative estimate of drug-likeness (QED) is 0.865. The number of hydrogen-bond donors (Lipinski definition) is 2. The maximum absolute atomic E-state index is 10.7. The van der Waals surface area contributed by atoms with Crippen LogP contribution in [-0.4, -0.2) is 27.7 Å². The second-order valence-electron chi connectivity index (χ2n) is 4.19. The Labute approximate surface area is 111 Å². The highest BCUT2D eigenvalue weighted by Gasteiger charge is 2.11. The molecule has 0 unspecified atom stereocenters. The molecule has 1 aromatic heterocycles. The summed E-state index contributed by atoms with van der Waals surface area (Å²) < 4.78 is 5.45. The van der Waals surface area contributed by atoms with E-state index in [1.54, 1.807) is 0 Å². The molecule has 2 aromatic rings. The Kier molecular flexibility index (Phi) is 3.85. The van der Waals surface area contributed by atoms with Crippen molar-refractivity contribution >= 4 is 5.97 Å². The van der Waals surface area contributed by atoms with E-state index < -0.39 is 5.97 Å². The summed E-state index contributed by atoms with van der Waals surface area (Å²) in [7, 11) is 0. The Hall–Kier alpha value is -2.30. The van der Waals surface area contributed by atoms with Crippen molar-refractivity contribution in [3.05, 3.63) is 35.8 Å². The van der Waals surface area contributed by atoms with E-state index in [-0.39, 0.29) is 6.42 Å². The predicted octanol–water partition coefficient (Wildman–Crippen LogP) is 2.41. The number of aromatic nitrogens is 2. The topological polar surface area (TPSA) is 75.2 Å². The van der Waals surface area contributed by atoms with E-state index in [4.69, 9.17) is 9.84 Å². The minimum atomic E-state index is -0.900. The third-order valence-electron chi connectivity index (χ3n) is 2.67. The van der Waals surface area contributed by atoms with Crippen molar-refractivity contribution in [3.8, 4) is 17.0 Å².